The Morgan fingerprint density at radius 3 is 2.85 bits per heavy atom. The molecule has 0 bridgehead atoms. The topological polar surface area (TPSA) is 39.1 Å². The van der Waals surface area contributed by atoms with E-state index in [2.05, 4.69) is 43.0 Å². The van der Waals surface area contributed by atoms with Crippen LogP contribution in [0.15, 0.2) is 12.3 Å². The van der Waals surface area contributed by atoms with E-state index < -0.39 is 0 Å². The molecule has 0 fully saturated rings. The Labute approximate surface area is 123 Å². The van der Waals surface area contributed by atoms with Crippen molar-refractivity contribution < 1.29 is 4.74 Å². The predicted molar refractivity (Wildman–Crippen MR) is 84.1 cm³/mol. The van der Waals surface area contributed by atoms with Gasteiger partial charge >= 0.3 is 0 Å². The van der Waals surface area contributed by atoms with Crippen LogP contribution < -0.4 is 5.32 Å². The lowest BCUT2D eigenvalue weighted by Gasteiger charge is -2.17. The molecule has 2 unspecified atom stereocenters. The average molecular weight is 281 g/mol. The fourth-order valence-electron chi connectivity index (χ4n) is 2.27. The molecule has 0 aromatic carbocycles. The van der Waals surface area contributed by atoms with Gasteiger partial charge in [-0.3, -0.25) is 4.68 Å². The van der Waals surface area contributed by atoms with Crippen LogP contribution >= 0.6 is 0 Å². The molecule has 0 aliphatic rings. The minimum Gasteiger partial charge on any atom is -0.385 e. The third-order valence-electron chi connectivity index (χ3n) is 3.75. The van der Waals surface area contributed by atoms with Gasteiger partial charge in [-0.15, -0.1) is 0 Å². The molecule has 20 heavy (non-hydrogen) atoms. The predicted octanol–water partition coefficient (Wildman–Crippen LogP) is 3.19. The lowest BCUT2D eigenvalue weighted by atomic mass is 10.1. The number of nitrogens with zero attached hydrogens (tertiary/aromatic N) is 2. The van der Waals surface area contributed by atoms with Crippen molar-refractivity contribution in [3.8, 4) is 0 Å². The summed E-state index contributed by atoms with van der Waals surface area (Å²) in [6, 6.07) is 3.15. The lowest BCUT2D eigenvalue weighted by molar-refractivity contribution is 0.188. The molecule has 0 saturated heterocycles. The minimum atomic E-state index is 0.485. The van der Waals surface area contributed by atoms with E-state index in [-0.39, 0.29) is 0 Å². The van der Waals surface area contributed by atoms with Gasteiger partial charge in [0.15, 0.2) is 0 Å². The van der Waals surface area contributed by atoms with Gasteiger partial charge in [0, 0.05) is 38.4 Å². The molecule has 0 aliphatic heterocycles. The Kier molecular flexibility index (Phi) is 8.54. The maximum atomic E-state index is 5.15. The first-order valence-electron chi connectivity index (χ1n) is 7.97. The molecule has 1 N–H and O–H groups in total. The van der Waals surface area contributed by atoms with E-state index in [1.54, 1.807) is 7.11 Å². The van der Waals surface area contributed by atoms with Crippen molar-refractivity contribution in [2.75, 3.05) is 20.3 Å². The molecular formula is C16H31N3O. The Bertz CT molecular complexity index is 351. The van der Waals surface area contributed by atoms with Crippen molar-refractivity contribution in [2.45, 2.75) is 65.0 Å². The van der Waals surface area contributed by atoms with Crippen LogP contribution in [0.3, 0.4) is 0 Å². The number of methoxy groups -OCH3 is 1. The minimum absolute atomic E-state index is 0.485. The molecule has 4 heteroatoms. The van der Waals surface area contributed by atoms with Crippen LogP contribution in [0.4, 0.5) is 0 Å². The molecule has 0 saturated carbocycles. The van der Waals surface area contributed by atoms with Crippen molar-refractivity contribution in [1.82, 2.24) is 15.1 Å². The molecule has 1 aromatic heterocycles. The third-order valence-corrected chi connectivity index (χ3v) is 3.75. The first-order valence-corrected chi connectivity index (χ1v) is 7.97. The average Bonchev–Trinajstić information content (AvgIpc) is 2.92. The Balaban J connectivity index is 2.51. The van der Waals surface area contributed by atoms with E-state index in [1.165, 1.54) is 12.1 Å². The Morgan fingerprint density at radius 2 is 2.20 bits per heavy atom. The van der Waals surface area contributed by atoms with Gasteiger partial charge in [-0.2, -0.15) is 5.10 Å². The van der Waals surface area contributed by atoms with Gasteiger partial charge in [-0.1, -0.05) is 13.8 Å². The van der Waals surface area contributed by atoms with Crippen LogP contribution in [0.5, 0.6) is 0 Å². The molecule has 2 atom stereocenters. The molecule has 1 heterocycles. The summed E-state index contributed by atoms with van der Waals surface area (Å²) >= 11 is 0. The highest BCUT2D eigenvalue weighted by Gasteiger charge is 2.12. The quantitative estimate of drug-likeness (QED) is 0.633. The highest BCUT2D eigenvalue weighted by atomic mass is 16.5. The molecule has 0 aliphatic carbocycles. The van der Waals surface area contributed by atoms with Crippen molar-refractivity contribution in [2.24, 2.45) is 0 Å². The Morgan fingerprint density at radius 1 is 1.40 bits per heavy atom. The number of hydrogen-bond acceptors (Lipinski definition) is 3. The van der Waals surface area contributed by atoms with Gasteiger partial charge < -0.3 is 10.1 Å². The Hall–Kier alpha value is -0.870. The second-order valence-corrected chi connectivity index (χ2v) is 5.53. The van der Waals surface area contributed by atoms with E-state index in [9.17, 15) is 0 Å². The fraction of sp³-hybridized carbons (Fsp3) is 0.812. The van der Waals surface area contributed by atoms with Crippen molar-refractivity contribution in [3.63, 3.8) is 0 Å². The second kappa shape index (κ2) is 9.94. The summed E-state index contributed by atoms with van der Waals surface area (Å²) in [5, 5.41) is 8.33. The first kappa shape index (κ1) is 17.2. The smallest absolute Gasteiger partial charge is 0.0640 e. The van der Waals surface area contributed by atoms with E-state index in [0.29, 0.717) is 12.1 Å². The molecule has 0 spiro atoms. The fourth-order valence-corrected chi connectivity index (χ4v) is 2.27. The standard InChI is InChI=1S/C16H31N3O/c1-5-10-17-15(8-7-12-20-4)13-16-9-11-19(18-16)14(3)6-2/h9,11,14-15,17H,5-8,10,12-13H2,1-4H3. The zero-order valence-electron chi connectivity index (χ0n) is 13.6. The molecule has 0 radical (unpaired) electrons. The van der Waals surface area contributed by atoms with Gasteiger partial charge in [0.2, 0.25) is 0 Å². The van der Waals surface area contributed by atoms with Gasteiger partial charge in [0.05, 0.1) is 5.69 Å². The summed E-state index contributed by atoms with van der Waals surface area (Å²) in [4.78, 5) is 0. The van der Waals surface area contributed by atoms with Gasteiger partial charge in [-0.25, -0.2) is 0 Å². The molecule has 1 rings (SSSR count). The SMILES string of the molecule is CCCNC(CCCOC)Cc1ccn(C(C)CC)n1. The number of rotatable bonds is 11. The van der Waals surface area contributed by atoms with E-state index in [0.717, 1.165) is 38.8 Å². The summed E-state index contributed by atoms with van der Waals surface area (Å²) in [5.41, 5.74) is 1.19. The zero-order valence-corrected chi connectivity index (χ0v) is 13.6. The number of ether oxygens (including phenoxy) is 1. The summed E-state index contributed by atoms with van der Waals surface area (Å²) in [6.07, 6.45) is 7.64. The highest BCUT2D eigenvalue weighted by Crippen LogP contribution is 2.11. The number of nitrogens with one attached hydrogen (secondary N) is 1. The van der Waals surface area contributed by atoms with Crippen LogP contribution in [0, 0.1) is 0 Å². The molecular weight excluding hydrogens is 250 g/mol. The molecule has 116 valence electrons. The molecule has 4 nitrogen and oxygen atoms in total. The van der Waals surface area contributed by atoms with Crippen LogP contribution in [-0.2, 0) is 11.2 Å². The van der Waals surface area contributed by atoms with Gasteiger partial charge in [0.25, 0.3) is 0 Å². The maximum Gasteiger partial charge on any atom is 0.0640 e. The highest BCUT2D eigenvalue weighted by molar-refractivity contribution is 5.02. The molecule has 1 aromatic rings. The van der Waals surface area contributed by atoms with Crippen LogP contribution in [0.25, 0.3) is 0 Å². The van der Waals surface area contributed by atoms with Gasteiger partial charge in [-0.05, 0) is 45.2 Å². The number of hydrogen-bond donors (Lipinski definition) is 1. The first-order chi connectivity index (χ1) is 9.71. The van der Waals surface area contributed by atoms with Crippen LogP contribution in [-0.4, -0.2) is 36.1 Å². The van der Waals surface area contributed by atoms with E-state index in [1.807, 2.05) is 0 Å². The van der Waals surface area contributed by atoms with Crippen molar-refractivity contribution in [3.05, 3.63) is 18.0 Å². The largest absolute Gasteiger partial charge is 0.385 e. The molecule has 0 amide bonds. The van der Waals surface area contributed by atoms with Crippen molar-refractivity contribution in [1.29, 1.82) is 0 Å². The summed E-state index contributed by atoms with van der Waals surface area (Å²) in [7, 11) is 1.77. The van der Waals surface area contributed by atoms with E-state index in [4.69, 9.17) is 9.84 Å². The maximum absolute atomic E-state index is 5.15. The third kappa shape index (κ3) is 6.06. The number of aromatic nitrogens is 2. The summed E-state index contributed by atoms with van der Waals surface area (Å²) in [6.45, 7) is 8.52. The van der Waals surface area contributed by atoms with E-state index >= 15 is 0 Å². The lowest BCUT2D eigenvalue weighted by Crippen LogP contribution is -2.32. The van der Waals surface area contributed by atoms with Crippen molar-refractivity contribution >= 4 is 0 Å². The normalized spacial score (nSPS) is 14.4. The van der Waals surface area contributed by atoms with Gasteiger partial charge in [0.1, 0.15) is 0 Å². The zero-order chi connectivity index (χ0) is 14.8. The van der Waals surface area contributed by atoms with Crippen LogP contribution in [0.1, 0.15) is 58.2 Å². The summed E-state index contributed by atoms with van der Waals surface area (Å²) in [5.74, 6) is 0. The summed E-state index contributed by atoms with van der Waals surface area (Å²) < 4.78 is 7.23. The second-order valence-electron chi connectivity index (χ2n) is 5.53. The monoisotopic (exact) mass is 281 g/mol. The van der Waals surface area contributed by atoms with Crippen LogP contribution in [0.2, 0.25) is 0 Å².